The number of nitrogens with one attached hydrogen (secondary N) is 1. The second kappa shape index (κ2) is 5.61. The Morgan fingerprint density at radius 2 is 1.95 bits per heavy atom. The number of methoxy groups -OCH3 is 1. The number of ether oxygens (including phenoxy) is 1. The van der Waals surface area contributed by atoms with E-state index >= 15 is 0 Å². The van der Waals surface area contributed by atoms with E-state index in [1.54, 1.807) is 0 Å². The lowest BCUT2D eigenvalue weighted by atomic mass is 9.82. The van der Waals surface area contributed by atoms with Crippen molar-refractivity contribution >= 4 is 27.6 Å². The molecule has 0 aromatic heterocycles. The number of rotatable bonds is 3. The predicted molar refractivity (Wildman–Crippen MR) is 86.3 cm³/mol. The van der Waals surface area contributed by atoms with Crippen LogP contribution in [0.1, 0.15) is 25.7 Å². The predicted octanol–water partition coefficient (Wildman–Crippen LogP) is 3.03. The maximum Gasteiger partial charge on any atom is 0.331 e. The summed E-state index contributed by atoms with van der Waals surface area (Å²) in [6.45, 7) is 0. The lowest BCUT2D eigenvalue weighted by Gasteiger charge is -2.44. The summed E-state index contributed by atoms with van der Waals surface area (Å²) < 4.78 is 6.10. The molecule has 21 heavy (non-hydrogen) atoms. The van der Waals surface area contributed by atoms with Crippen LogP contribution < -0.4 is 5.32 Å². The molecule has 2 saturated heterocycles. The number of esters is 1. The normalized spacial score (nSPS) is 32.0. The van der Waals surface area contributed by atoms with Gasteiger partial charge in [-0.1, -0.05) is 12.1 Å². The van der Waals surface area contributed by atoms with E-state index in [1.807, 2.05) is 24.3 Å². The van der Waals surface area contributed by atoms with Gasteiger partial charge in [0.2, 0.25) is 0 Å². The highest BCUT2D eigenvalue weighted by atomic mass is 79.9. The summed E-state index contributed by atoms with van der Waals surface area (Å²) in [5, 5.41) is 3.49. The largest absolute Gasteiger partial charge is 0.467 e. The summed E-state index contributed by atoms with van der Waals surface area (Å²) in [5.74, 6) is -0.150. The van der Waals surface area contributed by atoms with Crippen molar-refractivity contribution in [1.29, 1.82) is 0 Å². The van der Waals surface area contributed by atoms with Crippen LogP contribution in [0.4, 0.5) is 5.69 Å². The van der Waals surface area contributed by atoms with Crippen molar-refractivity contribution in [3.05, 3.63) is 28.7 Å². The zero-order chi connectivity index (χ0) is 15.0. The van der Waals surface area contributed by atoms with Gasteiger partial charge >= 0.3 is 5.97 Å². The van der Waals surface area contributed by atoms with Crippen molar-refractivity contribution < 1.29 is 9.53 Å². The first-order valence-corrected chi connectivity index (χ1v) is 8.18. The van der Waals surface area contributed by atoms with E-state index in [4.69, 9.17) is 4.74 Å². The molecule has 0 aliphatic carbocycles. The smallest absolute Gasteiger partial charge is 0.331 e. The van der Waals surface area contributed by atoms with Crippen LogP contribution >= 0.6 is 15.9 Å². The number of para-hydroxylation sites is 1. The molecule has 114 valence electrons. The van der Waals surface area contributed by atoms with Gasteiger partial charge in [0.25, 0.3) is 0 Å². The molecule has 3 rings (SSSR count). The topological polar surface area (TPSA) is 41.6 Å². The van der Waals surface area contributed by atoms with Crippen molar-refractivity contribution in [2.24, 2.45) is 0 Å². The Labute approximate surface area is 134 Å². The molecule has 2 aliphatic heterocycles. The average molecular weight is 353 g/mol. The van der Waals surface area contributed by atoms with Crippen molar-refractivity contribution in [3.63, 3.8) is 0 Å². The molecule has 4 nitrogen and oxygen atoms in total. The number of halogens is 1. The number of hydrogen-bond acceptors (Lipinski definition) is 4. The molecule has 5 heteroatoms. The van der Waals surface area contributed by atoms with Crippen LogP contribution in [0.5, 0.6) is 0 Å². The van der Waals surface area contributed by atoms with Crippen LogP contribution in [-0.4, -0.2) is 42.6 Å². The molecule has 2 bridgehead atoms. The molecule has 1 aromatic carbocycles. The Balaban J connectivity index is 1.92. The molecule has 2 heterocycles. The SMILES string of the molecule is COC(=O)C1(Nc2ccccc2Br)CC2CCC(C1)N2C. The fraction of sp³-hybridized carbons (Fsp3) is 0.562. The summed E-state index contributed by atoms with van der Waals surface area (Å²) in [4.78, 5) is 14.9. The van der Waals surface area contributed by atoms with E-state index in [0.717, 1.165) is 35.8 Å². The zero-order valence-corrected chi connectivity index (χ0v) is 14.0. The zero-order valence-electron chi connectivity index (χ0n) is 12.4. The van der Waals surface area contributed by atoms with Gasteiger partial charge in [0.1, 0.15) is 5.54 Å². The third kappa shape index (κ3) is 2.57. The van der Waals surface area contributed by atoms with Crippen molar-refractivity contribution in [2.45, 2.75) is 43.3 Å². The van der Waals surface area contributed by atoms with E-state index in [-0.39, 0.29) is 5.97 Å². The number of benzene rings is 1. The maximum atomic E-state index is 12.5. The standard InChI is InChI=1S/C16H21BrN2O2/c1-19-11-7-8-12(19)10-16(9-11,15(20)21-2)18-14-6-4-3-5-13(14)17/h3-6,11-12,18H,7-10H2,1-2H3. The Morgan fingerprint density at radius 3 is 2.52 bits per heavy atom. The van der Waals surface area contributed by atoms with Crippen molar-refractivity contribution in [2.75, 3.05) is 19.5 Å². The van der Waals surface area contributed by atoms with E-state index in [9.17, 15) is 4.79 Å². The van der Waals surface area contributed by atoms with E-state index in [0.29, 0.717) is 12.1 Å². The molecule has 0 saturated carbocycles. The first kappa shape index (κ1) is 14.9. The van der Waals surface area contributed by atoms with Gasteiger partial charge in [-0.05, 0) is 60.8 Å². The molecule has 2 fully saturated rings. The third-order valence-electron chi connectivity index (χ3n) is 4.98. The third-order valence-corrected chi connectivity index (χ3v) is 5.67. The van der Waals surface area contributed by atoms with Gasteiger partial charge in [-0.3, -0.25) is 0 Å². The van der Waals surface area contributed by atoms with Gasteiger partial charge in [0, 0.05) is 22.2 Å². The number of hydrogen-bond donors (Lipinski definition) is 1. The summed E-state index contributed by atoms with van der Waals surface area (Å²) in [5.41, 5.74) is 0.337. The number of nitrogens with zero attached hydrogens (tertiary/aromatic N) is 1. The molecular weight excluding hydrogens is 332 g/mol. The van der Waals surface area contributed by atoms with Crippen LogP contribution in [0.15, 0.2) is 28.7 Å². The van der Waals surface area contributed by atoms with Crippen LogP contribution in [0.25, 0.3) is 0 Å². The van der Waals surface area contributed by atoms with Crippen LogP contribution in [0.3, 0.4) is 0 Å². The van der Waals surface area contributed by atoms with Gasteiger partial charge in [0.15, 0.2) is 0 Å². The fourth-order valence-corrected chi connectivity index (χ4v) is 4.19. The second-order valence-corrected chi connectivity index (χ2v) is 6.99. The summed E-state index contributed by atoms with van der Waals surface area (Å²) in [6.07, 6.45) is 3.93. The monoisotopic (exact) mass is 352 g/mol. The summed E-state index contributed by atoms with van der Waals surface area (Å²) in [6, 6.07) is 8.84. The Hall–Kier alpha value is -1.07. The van der Waals surface area contributed by atoms with Gasteiger partial charge in [-0.25, -0.2) is 4.79 Å². The first-order valence-electron chi connectivity index (χ1n) is 7.39. The molecule has 2 unspecified atom stereocenters. The molecule has 1 N–H and O–H groups in total. The molecule has 2 aliphatic rings. The van der Waals surface area contributed by atoms with E-state index < -0.39 is 5.54 Å². The second-order valence-electron chi connectivity index (χ2n) is 6.14. The molecule has 0 amide bonds. The van der Waals surface area contributed by atoms with E-state index in [2.05, 4.69) is 33.2 Å². The van der Waals surface area contributed by atoms with Crippen molar-refractivity contribution in [1.82, 2.24) is 4.90 Å². The fourth-order valence-electron chi connectivity index (χ4n) is 3.81. The highest BCUT2D eigenvalue weighted by Crippen LogP contribution is 2.42. The molecular formula is C16H21BrN2O2. The van der Waals surface area contributed by atoms with Gasteiger partial charge in [-0.15, -0.1) is 0 Å². The minimum atomic E-state index is -0.614. The van der Waals surface area contributed by atoms with Gasteiger partial charge in [0.05, 0.1) is 7.11 Å². The highest BCUT2D eigenvalue weighted by Gasteiger charge is 2.52. The number of carbonyl (C=O) groups excluding carboxylic acids is 1. The maximum absolute atomic E-state index is 12.5. The van der Waals surface area contributed by atoms with Gasteiger partial charge in [-0.2, -0.15) is 0 Å². The number of piperidine rings is 1. The lowest BCUT2D eigenvalue weighted by molar-refractivity contribution is -0.148. The molecule has 1 aromatic rings. The van der Waals surface area contributed by atoms with E-state index in [1.165, 1.54) is 7.11 Å². The number of fused-ring (bicyclic) bond motifs is 2. The minimum absolute atomic E-state index is 0.150. The van der Waals surface area contributed by atoms with Crippen LogP contribution in [-0.2, 0) is 9.53 Å². The molecule has 0 radical (unpaired) electrons. The highest BCUT2D eigenvalue weighted by molar-refractivity contribution is 9.10. The quantitative estimate of drug-likeness (QED) is 0.849. The molecule has 0 spiro atoms. The Morgan fingerprint density at radius 1 is 1.33 bits per heavy atom. The Kier molecular flexibility index (Phi) is 3.97. The lowest BCUT2D eigenvalue weighted by Crippen LogP contribution is -2.58. The number of anilines is 1. The van der Waals surface area contributed by atoms with Gasteiger partial charge < -0.3 is 15.0 Å². The summed E-state index contributed by atoms with van der Waals surface area (Å²) >= 11 is 3.55. The van der Waals surface area contributed by atoms with Crippen LogP contribution in [0.2, 0.25) is 0 Å². The molecule has 2 atom stereocenters. The Bertz CT molecular complexity index is 535. The average Bonchev–Trinajstić information content (AvgIpc) is 2.72. The van der Waals surface area contributed by atoms with Crippen LogP contribution in [0, 0.1) is 0 Å². The minimum Gasteiger partial charge on any atom is -0.467 e. The van der Waals surface area contributed by atoms with Crippen molar-refractivity contribution in [3.8, 4) is 0 Å². The summed E-state index contributed by atoms with van der Waals surface area (Å²) in [7, 11) is 3.65. The number of carbonyl (C=O) groups is 1. The first-order chi connectivity index (χ1) is 10.1.